The Bertz CT molecular complexity index is 632. The predicted octanol–water partition coefficient (Wildman–Crippen LogP) is 0.502. The first-order valence-electron chi connectivity index (χ1n) is 4.79. The highest BCUT2D eigenvalue weighted by molar-refractivity contribution is 5.76. The van der Waals surface area contributed by atoms with Crippen LogP contribution in [0.4, 0.5) is 5.95 Å². The van der Waals surface area contributed by atoms with Gasteiger partial charge >= 0.3 is 0 Å². The third-order valence-electron chi connectivity index (χ3n) is 2.10. The molecule has 0 aliphatic carbocycles. The molecule has 3 aromatic heterocycles. The van der Waals surface area contributed by atoms with Gasteiger partial charge in [0.25, 0.3) is 0 Å². The Hall–Kier alpha value is -2.64. The monoisotopic (exact) mass is 232 g/mol. The number of nitrogen functional groups attached to an aromatic ring is 1. The molecule has 0 radical (unpaired) electrons. The number of rotatable bonds is 3. The first-order valence-corrected chi connectivity index (χ1v) is 4.79. The van der Waals surface area contributed by atoms with Crippen LogP contribution >= 0.6 is 0 Å². The fourth-order valence-electron chi connectivity index (χ4n) is 1.38. The molecular formula is C9H8N6O2. The smallest absolute Gasteiger partial charge is 0.245 e. The summed E-state index contributed by atoms with van der Waals surface area (Å²) in [7, 11) is 0. The number of nitrogens with zero attached hydrogens (tertiary/aromatic N) is 4. The van der Waals surface area contributed by atoms with E-state index < -0.39 is 0 Å². The number of nitrogens with one attached hydrogen (secondary N) is 1. The van der Waals surface area contributed by atoms with Crippen LogP contribution in [0, 0.1) is 0 Å². The van der Waals surface area contributed by atoms with Crippen molar-refractivity contribution in [3.05, 3.63) is 24.7 Å². The fraction of sp³-hybridized carbons (Fsp3) is 0.111. The second-order valence-electron chi connectivity index (χ2n) is 3.24. The van der Waals surface area contributed by atoms with Gasteiger partial charge in [0, 0.05) is 0 Å². The number of nitrogens with two attached hydrogens (primary N) is 1. The van der Waals surface area contributed by atoms with Gasteiger partial charge in [-0.3, -0.25) is 0 Å². The molecule has 0 fully saturated rings. The average Bonchev–Trinajstić information content (AvgIpc) is 2.95. The third-order valence-corrected chi connectivity index (χ3v) is 2.10. The van der Waals surface area contributed by atoms with E-state index in [9.17, 15) is 0 Å². The van der Waals surface area contributed by atoms with E-state index in [0.717, 1.165) is 0 Å². The first-order chi connectivity index (χ1) is 8.33. The second-order valence-corrected chi connectivity index (χ2v) is 3.24. The van der Waals surface area contributed by atoms with E-state index in [4.69, 9.17) is 14.9 Å². The highest BCUT2D eigenvalue weighted by Gasteiger charge is 2.10. The van der Waals surface area contributed by atoms with Crippen LogP contribution in [0.1, 0.15) is 5.76 Å². The van der Waals surface area contributed by atoms with Gasteiger partial charge in [0.15, 0.2) is 17.8 Å². The summed E-state index contributed by atoms with van der Waals surface area (Å²) in [6.07, 6.45) is 4.40. The van der Waals surface area contributed by atoms with Gasteiger partial charge in [-0.25, -0.2) is 9.97 Å². The summed E-state index contributed by atoms with van der Waals surface area (Å²) >= 11 is 0. The summed E-state index contributed by atoms with van der Waals surface area (Å²) in [5.74, 6) is 1.04. The van der Waals surface area contributed by atoms with E-state index in [0.29, 0.717) is 22.8 Å². The van der Waals surface area contributed by atoms with Crippen molar-refractivity contribution in [2.24, 2.45) is 0 Å². The van der Waals surface area contributed by atoms with E-state index in [2.05, 4.69) is 24.9 Å². The molecule has 0 atom stereocenters. The maximum atomic E-state index is 5.54. The largest absolute Gasteiger partial charge is 0.468 e. The van der Waals surface area contributed by atoms with E-state index >= 15 is 0 Å². The maximum Gasteiger partial charge on any atom is 0.245 e. The van der Waals surface area contributed by atoms with Gasteiger partial charge in [0.2, 0.25) is 11.8 Å². The van der Waals surface area contributed by atoms with Gasteiger partial charge < -0.3 is 19.9 Å². The molecule has 0 aliphatic heterocycles. The van der Waals surface area contributed by atoms with Crippen LogP contribution in [0.2, 0.25) is 0 Å². The highest BCUT2D eigenvalue weighted by atomic mass is 16.5. The minimum Gasteiger partial charge on any atom is -0.468 e. The Labute approximate surface area is 94.9 Å². The fourth-order valence-corrected chi connectivity index (χ4v) is 1.38. The number of anilines is 1. The van der Waals surface area contributed by atoms with Crippen molar-refractivity contribution in [3.8, 4) is 5.88 Å². The Morgan fingerprint density at radius 1 is 1.41 bits per heavy atom. The summed E-state index contributed by atoms with van der Waals surface area (Å²) in [6.45, 7) is 0.213. The average molecular weight is 232 g/mol. The molecular weight excluding hydrogens is 224 g/mol. The van der Waals surface area contributed by atoms with Crippen molar-refractivity contribution in [2.75, 3.05) is 5.73 Å². The molecule has 0 saturated heterocycles. The van der Waals surface area contributed by atoms with Gasteiger partial charge in [0.1, 0.15) is 12.1 Å². The van der Waals surface area contributed by atoms with Gasteiger partial charge in [-0.2, -0.15) is 9.97 Å². The van der Waals surface area contributed by atoms with Crippen molar-refractivity contribution >= 4 is 17.1 Å². The van der Waals surface area contributed by atoms with Crippen LogP contribution < -0.4 is 10.5 Å². The zero-order chi connectivity index (χ0) is 11.7. The Morgan fingerprint density at radius 2 is 2.35 bits per heavy atom. The standard InChI is InChI=1S/C9H8N6O2/c10-9-14-7-6(12-3-13-7)8(15-9)16-2-5-1-11-4-17-5/h1,3-4H,2H2,(H3,10,12,13,14,15). The predicted molar refractivity (Wildman–Crippen MR) is 56.9 cm³/mol. The zero-order valence-electron chi connectivity index (χ0n) is 8.62. The van der Waals surface area contributed by atoms with Crippen molar-refractivity contribution < 1.29 is 9.15 Å². The van der Waals surface area contributed by atoms with Crippen LogP contribution in [0.3, 0.4) is 0 Å². The van der Waals surface area contributed by atoms with Crippen molar-refractivity contribution in [2.45, 2.75) is 6.61 Å². The molecule has 8 heteroatoms. The molecule has 0 aromatic carbocycles. The SMILES string of the molecule is Nc1nc(OCc2cnco2)c2[nH]cnc2n1. The van der Waals surface area contributed by atoms with Crippen LogP contribution in [0.25, 0.3) is 11.2 Å². The Balaban J connectivity index is 1.91. The van der Waals surface area contributed by atoms with E-state index in [1.165, 1.54) is 12.7 Å². The van der Waals surface area contributed by atoms with Gasteiger partial charge in [-0.15, -0.1) is 0 Å². The molecule has 3 N–H and O–H groups in total. The molecule has 0 unspecified atom stereocenters. The number of H-pyrrole nitrogens is 1. The minimum atomic E-state index is 0.108. The maximum absolute atomic E-state index is 5.54. The van der Waals surface area contributed by atoms with Crippen molar-refractivity contribution in [1.29, 1.82) is 0 Å². The number of fused-ring (bicyclic) bond motifs is 1. The minimum absolute atomic E-state index is 0.108. The molecule has 3 heterocycles. The molecule has 0 spiro atoms. The number of ether oxygens (including phenoxy) is 1. The van der Waals surface area contributed by atoms with E-state index in [-0.39, 0.29) is 12.6 Å². The molecule has 0 aliphatic rings. The lowest BCUT2D eigenvalue weighted by Crippen LogP contribution is -2.01. The van der Waals surface area contributed by atoms with Crippen LogP contribution in [0.5, 0.6) is 5.88 Å². The summed E-state index contributed by atoms with van der Waals surface area (Å²) in [5, 5.41) is 0. The van der Waals surface area contributed by atoms with Gasteiger partial charge in [-0.05, 0) is 0 Å². The molecule has 8 nitrogen and oxygen atoms in total. The van der Waals surface area contributed by atoms with Crippen LogP contribution in [0.15, 0.2) is 23.3 Å². The quantitative estimate of drug-likeness (QED) is 0.675. The molecule has 86 valence electrons. The summed E-state index contributed by atoms with van der Waals surface area (Å²) in [5.41, 5.74) is 6.60. The summed E-state index contributed by atoms with van der Waals surface area (Å²) in [4.78, 5) is 18.6. The lowest BCUT2D eigenvalue weighted by atomic mass is 10.5. The molecule has 0 saturated carbocycles. The summed E-state index contributed by atoms with van der Waals surface area (Å²) in [6, 6.07) is 0. The summed E-state index contributed by atoms with van der Waals surface area (Å²) < 4.78 is 10.5. The molecule has 0 bridgehead atoms. The van der Waals surface area contributed by atoms with Gasteiger partial charge in [-0.1, -0.05) is 0 Å². The Morgan fingerprint density at radius 3 is 3.18 bits per heavy atom. The number of hydrogen-bond donors (Lipinski definition) is 2. The number of hydrogen-bond acceptors (Lipinski definition) is 7. The second kappa shape index (κ2) is 3.74. The number of imidazole rings is 1. The van der Waals surface area contributed by atoms with Gasteiger partial charge in [0.05, 0.1) is 12.5 Å². The molecule has 3 aromatic rings. The van der Waals surface area contributed by atoms with E-state index in [1.807, 2.05) is 0 Å². The lowest BCUT2D eigenvalue weighted by Gasteiger charge is -2.03. The zero-order valence-corrected chi connectivity index (χ0v) is 8.62. The molecule has 3 rings (SSSR count). The third kappa shape index (κ3) is 1.75. The van der Waals surface area contributed by atoms with Crippen LogP contribution in [-0.2, 0) is 6.61 Å². The molecule has 17 heavy (non-hydrogen) atoms. The number of aromatic amines is 1. The molecule has 0 amide bonds. The first kappa shape index (κ1) is 9.58. The number of aromatic nitrogens is 5. The van der Waals surface area contributed by atoms with Crippen molar-refractivity contribution in [3.63, 3.8) is 0 Å². The van der Waals surface area contributed by atoms with Crippen LogP contribution in [-0.4, -0.2) is 24.9 Å². The lowest BCUT2D eigenvalue weighted by molar-refractivity contribution is 0.263. The normalized spacial score (nSPS) is 10.8. The topological polar surface area (TPSA) is 116 Å². The highest BCUT2D eigenvalue weighted by Crippen LogP contribution is 2.20. The van der Waals surface area contributed by atoms with E-state index in [1.54, 1.807) is 6.20 Å². The number of oxazole rings is 1. The van der Waals surface area contributed by atoms with Crippen molar-refractivity contribution in [1.82, 2.24) is 24.9 Å². The Kier molecular flexibility index (Phi) is 2.11.